The number of halogens is 1. The fourth-order valence-corrected chi connectivity index (χ4v) is 3.17. The Kier molecular flexibility index (Phi) is 14.3. The van der Waals surface area contributed by atoms with Crippen LogP contribution >= 0.6 is 24.0 Å². The quantitative estimate of drug-likeness (QED) is 0.165. The van der Waals surface area contributed by atoms with Crippen molar-refractivity contribution in [1.29, 1.82) is 0 Å². The third kappa shape index (κ3) is 10.5. The van der Waals surface area contributed by atoms with Crippen LogP contribution < -0.4 is 24.8 Å². The van der Waals surface area contributed by atoms with Gasteiger partial charge in [-0.05, 0) is 57.6 Å². The van der Waals surface area contributed by atoms with Crippen molar-refractivity contribution in [2.45, 2.75) is 26.3 Å². The number of nitrogens with one attached hydrogen (secondary N) is 2. The maximum atomic E-state index is 5.94. The molecule has 0 aliphatic rings. The van der Waals surface area contributed by atoms with Gasteiger partial charge >= 0.3 is 0 Å². The molecule has 0 radical (unpaired) electrons. The standard InChI is InChI=1S/C25H38N4O3.HI/c1-6-31-24-18-20(13-14-23(24)30-5)10-9-15-27-25(26-2)28-19-21-11-7-8-12-22(21)32-17-16-29(3)4;/h7-8,11-14,18H,6,9-10,15-17,19H2,1-5H3,(H2,26,27,28);1H. The van der Waals surface area contributed by atoms with Crippen molar-refractivity contribution in [3.63, 3.8) is 0 Å². The average molecular weight is 571 g/mol. The number of methoxy groups -OCH3 is 1. The molecule has 2 N–H and O–H groups in total. The fourth-order valence-electron chi connectivity index (χ4n) is 3.17. The Bertz CT molecular complexity index is 846. The highest BCUT2D eigenvalue weighted by Crippen LogP contribution is 2.28. The van der Waals surface area contributed by atoms with Crippen LogP contribution in [-0.4, -0.2) is 65.4 Å². The molecule has 0 saturated heterocycles. The van der Waals surface area contributed by atoms with Crippen LogP contribution in [0.15, 0.2) is 47.5 Å². The molecule has 0 aromatic heterocycles. The molecule has 2 aromatic carbocycles. The van der Waals surface area contributed by atoms with Gasteiger partial charge in [0, 0.05) is 32.2 Å². The van der Waals surface area contributed by atoms with E-state index in [9.17, 15) is 0 Å². The van der Waals surface area contributed by atoms with Crippen molar-refractivity contribution in [1.82, 2.24) is 15.5 Å². The minimum atomic E-state index is 0. The summed E-state index contributed by atoms with van der Waals surface area (Å²) in [5.74, 6) is 3.24. The lowest BCUT2D eigenvalue weighted by atomic mass is 10.1. The lowest BCUT2D eigenvalue weighted by molar-refractivity contribution is 0.259. The summed E-state index contributed by atoms with van der Waals surface area (Å²) in [5.41, 5.74) is 2.33. The number of hydrogen-bond acceptors (Lipinski definition) is 5. The number of benzene rings is 2. The number of aryl methyl sites for hydroxylation is 1. The zero-order valence-corrected chi connectivity index (χ0v) is 22.8. The van der Waals surface area contributed by atoms with Crippen molar-refractivity contribution in [2.75, 3.05) is 54.6 Å². The van der Waals surface area contributed by atoms with Gasteiger partial charge in [0.2, 0.25) is 0 Å². The van der Waals surface area contributed by atoms with E-state index in [-0.39, 0.29) is 24.0 Å². The minimum absolute atomic E-state index is 0. The molecule has 0 saturated carbocycles. The van der Waals surface area contributed by atoms with Crippen molar-refractivity contribution < 1.29 is 14.2 Å². The first kappa shape index (κ1) is 28.8. The van der Waals surface area contributed by atoms with E-state index < -0.39 is 0 Å². The lowest BCUT2D eigenvalue weighted by Gasteiger charge is -2.16. The van der Waals surface area contributed by atoms with E-state index in [0.717, 1.165) is 54.7 Å². The van der Waals surface area contributed by atoms with Crippen LogP contribution in [0.5, 0.6) is 17.2 Å². The summed E-state index contributed by atoms with van der Waals surface area (Å²) in [6, 6.07) is 14.2. The Hall–Kier alpha value is -2.20. The summed E-state index contributed by atoms with van der Waals surface area (Å²) in [5, 5.41) is 6.76. The van der Waals surface area contributed by atoms with Gasteiger partial charge < -0.3 is 29.7 Å². The van der Waals surface area contributed by atoms with Gasteiger partial charge in [-0.15, -0.1) is 24.0 Å². The maximum Gasteiger partial charge on any atom is 0.191 e. The molecule has 8 heteroatoms. The molecule has 7 nitrogen and oxygen atoms in total. The van der Waals surface area contributed by atoms with Gasteiger partial charge in [-0.3, -0.25) is 4.99 Å². The molecule has 0 heterocycles. The van der Waals surface area contributed by atoms with Crippen molar-refractivity contribution in [2.24, 2.45) is 4.99 Å². The number of rotatable bonds is 13. The molecule has 184 valence electrons. The van der Waals surface area contributed by atoms with Crippen LogP contribution in [0.2, 0.25) is 0 Å². The van der Waals surface area contributed by atoms with Crippen LogP contribution in [0.3, 0.4) is 0 Å². The molecule has 0 bridgehead atoms. The number of hydrogen-bond donors (Lipinski definition) is 2. The first-order chi connectivity index (χ1) is 15.6. The predicted molar refractivity (Wildman–Crippen MR) is 147 cm³/mol. The zero-order chi connectivity index (χ0) is 23.2. The molecule has 2 aromatic rings. The molecular weight excluding hydrogens is 531 g/mol. The number of likely N-dealkylation sites (N-methyl/N-ethyl adjacent to an activating group) is 1. The highest BCUT2D eigenvalue weighted by Gasteiger charge is 2.07. The largest absolute Gasteiger partial charge is 0.493 e. The second kappa shape index (κ2) is 16.4. The molecule has 0 amide bonds. The lowest BCUT2D eigenvalue weighted by Crippen LogP contribution is -2.37. The van der Waals surface area contributed by atoms with E-state index in [4.69, 9.17) is 14.2 Å². The third-order valence-corrected chi connectivity index (χ3v) is 4.90. The van der Waals surface area contributed by atoms with Gasteiger partial charge in [0.25, 0.3) is 0 Å². The highest BCUT2D eigenvalue weighted by molar-refractivity contribution is 14.0. The van der Waals surface area contributed by atoms with Crippen LogP contribution in [0.1, 0.15) is 24.5 Å². The van der Waals surface area contributed by atoms with Gasteiger partial charge in [0.1, 0.15) is 12.4 Å². The maximum absolute atomic E-state index is 5.94. The number of aliphatic imine (C=N–C) groups is 1. The van der Waals surface area contributed by atoms with E-state index >= 15 is 0 Å². The normalized spacial score (nSPS) is 11.0. The van der Waals surface area contributed by atoms with Gasteiger partial charge in [-0.25, -0.2) is 0 Å². The zero-order valence-electron chi connectivity index (χ0n) is 20.5. The summed E-state index contributed by atoms with van der Waals surface area (Å²) < 4.78 is 17.0. The second-order valence-electron chi connectivity index (χ2n) is 7.63. The van der Waals surface area contributed by atoms with Gasteiger partial charge in [-0.2, -0.15) is 0 Å². The first-order valence-corrected chi connectivity index (χ1v) is 11.2. The van der Waals surface area contributed by atoms with Gasteiger partial charge in [0.05, 0.1) is 13.7 Å². The Balaban J connectivity index is 0.00000544. The molecule has 0 fully saturated rings. The van der Waals surface area contributed by atoms with Crippen LogP contribution in [0.25, 0.3) is 0 Å². The summed E-state index contributed by atoms with van der Waals surface area (Å²) in [6.45, 7) is 5.60. The molecule has 0 aliphatic carbocycles. The van der Waals surface area contributed by atoms with E-state index in [2.05, 4.69) is 38.7 Å². The van der Waals surface area contributed by atoms with Crippen LogP contribution in [-0.2, 0) is 13.0 Å². The van der Waals surface area contributed by atoms with Crippen LogP contribution in [0.4, 0.5) is 0 Å². The molecule has 2 rings (SSSR count). The van der Waals surface area contributed by atoms with Crippen LogP contribution in [0, 0.1) is 0 Å². The van der Waals surface area contributed by atoms with Gasteiger partial charge in [0.15, 0.2) is 17.5 Å². The van der Waals surface area contributed by atoms with E-state index in [1.165, 1.54) is 5.56 Å². The second-order valence-corrected chi connectivity index (χ2v) is 7.63. The van der Waals surface area contributed by atoms with Gasteiger partial charge in [-0.1, -0.05) is 24.3 Å². The van der Waals surface area contributed by atoms with Crippen molar-refractivity contribution in [3.8, 4) is 17.2 Å². The molecular formula is C25H39IN4O3. The highest BCUT2D eigenvalue weighted by atomic mass is 127. The number of para-hydroxylation sites is 1. The molecule has 0 aliphatic heterocycles. The summed E-state index contributed by atoms with van der Waals surface area (Å²) in [6.07, 6.45) is 1.92. The first-order valence-electron chi connectivity index (χ1n) is 11.2. The molecule has 33 heavy (non-hydrogen) atoms. The summed E-state index contributed by atoms with van der Waals surface area (Å²) in [7, 11) is 7.53. The fraction of sp³-hybridized carbons (Fsp3) is 0.480. The number of nitrogens with zero attached hydrogens (tertiary/aromatic N) is 2. The Labute approximate surface area is 215 Å². The third-order valence-electron chi connectivity index (χ3n) is 4.90. The van der Waals surface area contributed by atoms with Crippen molar-refractivity contribution in [3.05, 3.63) is 53.6 Å². The molecule has 0 atom stereocenters. The Morgan fingerprint density at radius 3 is 2.48 bits per heavy atom. The topological polar surface area (TPSA) is 67.3 Å². The predicted octanol–water partition coefficient (Wildman–Crippen LogP) is 3.95. The Morgan fingerprint density at radius 1 is 1.00 bits per heavy atom. The molecule has 0 spiro atoms. The van der Waals surface area contributed by atoms with E-state index in [1.54, 1.807) is 14.2 Å². The monoisotopic (exact) mass is 570 g/mol. The molecule has 0 unspecified atom stereocenters. The number of ether oxygens (including phenoxy) is 3. The smallest absolute Gasteiger partial charge is 0.191 e. The van der Waals surface area contributed by atoms with Crippen molar-refractivity contribution >= 4 is 29.9 Å². The Morgan fingerprint density at radius 2 is 1.79 bits per heavy atom. The summed E-state index contributed by atoms with van der Waals surface area (Å²) in [4.78, 5) is 6.44. The average Bonchev–Trinajstić information content (AvgIpc) is 2.79. The van der Waals surface area contributed by atoms with E-state index in [0.29, 0.717) is 19.8 Å². The SMILES string of the molecule is CCOc1cc(CCCNC(=NC)NCc2ccccc2OCCN(C)C)ccc1OC.I. The summed E-state index contributed by atoms with van der Waals surface area (Å²) >= 11 is 0. The minimum Gasteiger partial charge on any atom is -0.493 e. The number of guanidine groups is 1. The van der Waals surface area contributed by atoms with E-state index in [1.807, 2.05) is 45.3 Å².